The molecule has 70 valence electrons. The van der Waals surface area contributed by atoms with Crippen LogP contribution < -0.4 is 5.73 Å². The summed E-state index contributed by atoms with van der Waals surface area (Å²) in [4.78, 5) is 11.1. The standard InChI is InChI=1S/C11H15NO/c1-7-4-5-10(8(2)6-7)11(12)9(3)13/h4-6,11H,12H2,1-3H3. The Balaban J connectivity index is 3.08. The van der Waals surface area contributed by atoms with Crippen molar-refractivity contribution in [3.05, 3.63) is 34.9 Å². The van der Waals surface area contributed by atoms with Gasteiger partial charge in [-0.1, -0.05) is 23.8 Å². The van der Waals surface area contributed by atoms with Crippen LogP contribution in [0.1, 0.15) is 29.7 Å². The number of hydrogen-bond acceptors (Lipinski definition) is 2. The molecular weight excluding hydrogens is 162 g/mol. The maximum absolute atomic E-state index is 11.1. The Kier molecular flexibility index (Phi) is 2.83. The number of rotatable bonds is 2. The number of aryl methyl sites for hydroxylation is 2. The fourth-order valence-corrected chi connectivity index (χ4v) is 1.39. The number of ketones is 1. The second-order valence-corrected chi connectivity index (χ2v) is 3.45. The summed E-state index contributed by atoms with van der Waals surface area (Å²) in [5.41, 5.74) is 8.95. The molecule has 2 N–H and O–H groups in total. The van der Waals surface area contributed by atoms with E-state index in [-0.39, 0.29) is 5.78 Å². The summed E-state index contributed by atoms with van der Waals surface area (Å²) in [5, 5.41) is 0. The van der Waals surface area contributed by atoms with Crippen molar-refractivity contribution >= 4 is 5.78 Å². The minimum Gasteiger partial charge on any atom is -0.318 e. The zero-order chi connectivity index (χ0) is 10.0. The lowest BCUT2D eigenvalue weighted by atomic mass is 9.98. The zero-order valence-corrected chi connectivity index (χ0v) is 8.29. The van der Waals surface area contributed by atoms with Gasteiger partial charge in [-0.2, -0.15) is 0 Å². The predicted molar refractivity (Wildman–Crippen MR) is 53.5 cm³/mol. The highest BCUT2D eigenvalue weighted by atomic mass is 16.1. The molecule has 1 rings (SSSR count). The molecule has 0 aliphatic heterocycles. The molecule has 0 aliphatic carbocycles. The van der Waals surface area contributed by atoms with E-state index in [1.807, 2.05) is 32.0 Å². The van der Waals surface area contributed by atoms with Crippen molar-refractivity contribution in [1.29, 1.82) is 0 Å². The molecular formula is C11H15NO. The Morgan fingerprint density at radius 2 is 2.00 bits per heavy atom. The Morgan fingerprint density at radius 3 is 2.46 bits per heavy atom. The van der Waals surface area contributed by atoms with Crippen LogP contribution in [-0.2, 0) is 4.79 Å². The van der Waals surface area contributed by atoms with Crippen LogP contribution in [0.4, 0.5) is 0 Å². The van der Waals surface area contributed by atoms with Gasteiger partial charge in [0.05, 0.1) is 6.04 Å². The van der Waals surface area contributed by atoms with Gasteiger partial charge in [0.15, 0.2) is 5.78 Å². The summed E-state index contributed by atoms with van der Waals surface area (Å²) >= 11 is 0. The lowest BCUT2D eigenvalue weighted by Crippen LogP contribution is -2.19. The highest BCUT2D eigenvalue weighted by Gasteiger charge is 2.12. The number of benzene rings is 1. The van der Waals surface area contributed by atoms with Crippen molar-refractivity contribution < 1.29 is 4.79 Å². The number of nitrogens with two attached hydrogens (primary N) is 1. The molecule has 2 nitrogen and oxygen atoms in total. The van der Waals surface area contributed by atoms with Gasteiger partial charge in [0, 0.05) is 0 Å². The average Bonchev–Trinajstić information content (AvgIpc) is 2.03. The number of carbonyl (C=O) groups is 1. The first-order valence-corrected chi connectivity index (χ1v) is 4.35. The third kappa shape index (κ3) is 2.16. The predicted octanol–water partition coefficient (Wildman–Crippen LogP) is 1.89. The van der Waals surface area contributed by atoms with Gasteiger partial charge >= 0.3 is 0 Å². The molecule has 1 aromatic rings. The van der Waals surface area contributed by atoms with Gasteiger partial charge < -0.3 is 5.73 Å². The fourth-order valence-electron chi connectivity index (χ4n) is 1.39. The first-order chi connectivity index (χ1) is 6.02. The van der Waals surface area contributed by atoms with E-state index in [0.29, 0.717) is 0 Å². The third-order valence-electron chi connectivity index (χ3n) is 2.20. The molecule has 0 heterocycles. The lowest BCUT2D eigenvalue weighted by Gasteiger charge is -2.11. The SMILES string of the molecule is CC(=O)C(N)c1ccc(C)cc1C. The molecule has 1 unspecified atom stereocenters. The molecule has 0 radical (unpaired) electrons. The first kappa shape index (κ1) is 9.93. The third-order valence-corrected chi connectivity index (χ3v) is 2.20. The minimum atomic E-state index is -0.472. The monoisotopic (exact) mass is 177 g/mol. The maximum Gasteiger partial charge on any atom is 0.150 e. The quantitative estimate of drug-likeness (QED) is 0.749. The van der Waals surface area contributed by atoms with Gasteiger partial charge in [0.1, 0.15) is 0 Å². The van der Waals surface area contributed by atoms with Gasteiger partial charge in [-0.25, -0.2) is 0 Å². The molecule has 1 aromatic carbocycles. The van der Waals surface area contributed by atoms with Crippen molar-refractivity contribution in [3.8, 4) is 0 Å². The summed E-state index contributed by atoms with van der Waals surface area (Å²) in [6.07, 6.45) is 0. The molecule has 0 aliphatic rings. The Hall–Kier alpha value is -1.15. The summed E-state index contributed by atoms with van der Waals surface area (Å²) in [6.45, 7) is 5.52. The van der Waals surface area contributed by atoms with E-state index in [1.54, 1.807) is 0 Å². The van der Waals surface area contributed by atoms with Crippen LogP contribution in [0.5, 0.6) is 0 Å². The molecule has 0 aromatic heterocycles. The number of Topliss-reactive ketones (excluding diaryl/α,β-unsaturated/α-hetero) is 1. The number of carbonyl (C=O) groups excluding carboxylic acids is 1. The van der Waals surface area contributed by atoms with Crippen LogP contribution in [0.2, 0.25) is 0 Å². The topological polar surface area (TPSA) is 43.1 Å². The van der Waals surface area contributed by atoms with Crippen LogP contribution >= 0.6 is 0 Å². The second-order valence-electron chi connectivity index (χ2n) is 3.45. The van der Waals surface area contributed by atoms with Gasteiger partial charge in [-0.3, -0.25) is 4.79 Å². The van der Waals surface area contributed by atoms with Crippen molar-refractivity contribution in [2.75, 3.05) is 0 Å². The van der Waals surface area contributed by atoms with Crippen LogP contribution in [-0.4, -0.2) is 5.78 Å². The van der Waals surface area contributed by atoms with Crippen LogP contribution in [0.15, 0.2) is 18.2 Å². The van der Waals surface area contributed by atoms with Crippen molar-refractivity contribution in [3.63, 3.8) is 0 Å². The zero-order valence-electron chi connectivity index (χ0n) is 8.29. The molecule has 0 saturated heterocycles. The lowest BCUT2D eigenvalue weighted by molar-refractivity contribution is -0.118. The highest BCUT2D eigenvalue weighted by molar-refractivity contribution is 5.83. The van der Waals surface area contributed by atoms with Gasteiger partial charge in [0.2, 0.25) is 0 Å². The average molecular weight is 177 g/mol. The van der Waals surface area contributed by atoms with Crippen molar-refractivity contribution in [2.24, 2.45) is 5.73 Å². The van der Waals surface area contributed by atoms with Crippen LogP contribution in [0.25, 0.3) is 0 Å². The Labute approximate surface area is 78.8 Å². The largest absolute Gasteiger partial charge is 0.318 e. The second kappa shape index (κ2) is 3.71. The smallest absolute Gasteiger partial charge is 0.150 e. The summed E-state index contributed by atoms with van der Waals surface area (Å²) < 4.78 is 0. The first-order valence-electron chi connectivity index (χ1n) is 4.35. The molecule has 0 fully saturated rings. The van der Waals surface area contributed by atoms with E-state index >= 15 is 0 Å². The van der Waals surface area contributed by atoms with Crippen LogP contribution in [0.3, 0.4) is 0 Å². The Bertz CT molecular complexity index is 331. The summed E-state index contributed by atoms with van der Waals surface area (Å²) in [6, 6.07) is 5.47. The summed E-state index contributed by atoms with van der Waals surface area (Å²) in [5.74, 6) is 0.00644. The molecule has 2 heteroatoms. The van der Waals surface area contributed by atoms with E-state index in [9.17, 15) is 4.79 Å². The van der Waals surface area contributed by atoms with E-state index < -0.39 is 6.04 Å². The molecule has 0 amide bonds. The van der Waals surface area contributed by atoms with Crippen LogP contribution in [0, 0.1) is 13.8 Å². The van der Waals surface area contributed by atoms with E-state index in [0.717, 1.165) is 11.1 Å². The highest BCUT2D eigenvalue weighted by Crippen LogP contribution is 2.17. The van der Waals surface area contributed by atoms with E-state index in [1.165, 1.54) is 12.5 Å². The normalized spacial score (nSPS) is 12.6. The fraction of sp³-hybridized carbons (Fsp3) is 0.364. The van der Waals surface area contributed by atoms with E-state index in [2.05, 4.69) is 0 Å². The molecule has 0 bridgehead atoms. The Morgan fingerprint density at radius 1 is 1.38 bits per heavy atom. The number of hydrogen-bond donors (Lipinski definition) is 1. The van der Waals surface area contributed by atoms with Crippen molar-refractivity contribution in [1.82, 2.24) is 0 Å². The maximum atomic E-state index is 11.1. The van der Waals surface area contributed by atoms with Crippen molar-refractivity contribution in [2.45, 2.75) is 26.8 Å². The van der Waals surface area contributed by atoms with Gasteiger partial charge in [-0.15, -0.1) is 0 Å². The minimum absolute atomic E-state index is 0.00644. The molecule has 13 heavy (non-hydrogen) atoms. The molecule has 1 atom stereocenters. The van der Waals surface area contributed by atoms with Gasteiger partial charge in [0.25, 0.3) is 0 Å². The molecule has 0 spiro atoms. The van der Waals surface area contributed by atoms with Gasteiger partial charge in [-0.05, 0) is 31.9 Å². The van der Waals surface area contributed by atoms with E-state index in [4.69, 9.17) is 5.73 Å². The summed E-state index contributed by atoms with van der Waals surface area (Å²) in [7, 11) is 0. The molecule has 0 saturated carbocycles.